The lowest BCUT2D eigenvalue weighted by atomic mass is 9.99. The molecule has 0 saturated carbocycles. The van der Waals surface area contributed by atoms with E-state index in [1.54, 1.807) is 0 Å². The van der Waals surface area contributed by atoms with Crippen LogP contribution in [0.25, 0.3) is 0 Å². The molecule has 2 aromatic rings. The summed E-state index contributed by atoms with van der Waals surface area (Å²) < 4.78 is 0. The van der Waals surface area contributed by atoms with Gasteiger partial charge in [0, 0.05) is 18.2 Å². The first kappa shape index (κ1) is 14.6. The molecule has 0 aliphatic rings. The van der Waals surface area contributed by atoms with Gasteiger partial charge in [-0.3, -0.25) is 0 Å². The smallest absolute Gasteiger partial charge is 0.122 e. The van der Waals surface area contributed by atoms with Gasteiger partial charge in [-0.1, -0.05) is 42.0 Å². The first-order valence-corrected chi connectivity index (χ1v) is 7.07. The summed E-state index contributed by atoms with van der Waals surface area (Å²) in [7, 11) is 0. The Morgan fingerprint density at radius 1 is 1.05 bits per heavy atom. The van der Waals surface area contributed by atoms with Crippen LogP contribution in [0.4, 0.5) is 0 Å². The van der Waals surface area contributed by atoms with E-state index >= 15 is 0 Å². The van der Waals surface area contributed by atoms with Crippen LogP contribution in [0.5, 0.6) is 5.75 Å². The number of hydrogen-bond donors (Lipinski definition) is 2. The van der Waals surface area contributed by atoms with Crippen LogP contribution in [0, 0.1) is 20.8 Å². The van der Waals surface area contributed by atoms with Crippen LogP contribution in [0.15, 0.2) is 36.4 Å². The first-order chi connectivity index (χ1) is 9.49. The molecule has 0 bridgehead atoms. The molecule has 0 aliphatic carbocycles. The van der Waals surface area contributed by atoms with Crippen LogP contribution in [-0.2, 0) is 6.54 Å². The second-order valence-electron chi connectivity index (χ2n) is 5.55. The van der Waals surface area contributed by atoms with Crippen molar-refractivity contribution in [3.05, 3.63) is 64.2 Å². The topological polar surface area (TPSA) is 32.3 Å². The Morgan fingerprint density at radius 2 is 1.80 bits per heavy atom. The highest BCUT2D eigenvalue weighted by Gasteiger charge is 2.10. The van der Waals surface area contributed by atoms with Gasteiger partial charge < -0.3 is 10.4 Å². The molecule has 0 aliphatic heterocycles. The van der Waals surface area contributed by atoms with Crippen molar-refractivity contribution in [1.82, 2.24) is 5.32 Å². The van der Waals surface area contributed by atoms with Crippen molar-refractivity contribution in [2.45, 2.75) is 40.3 Å². The molecule has 0 saturated heterocycles. The van der Waals surface area contributed by atoms with E-state index in [1.165, 1.54) is 16.7 Å². The Bertz CT molecular complexity index is 604. The van der Waals surface area contributed by atoms with Gasteiger partial charge in [0.2, 0.25) is 0 Å². The second-order valence-corrected chi connectivity index (χ2v) is 5.55. The fourth-order valence-electron chi connectivity index (χ4n) is 2.46. The van der Waals surface area contributed by atoms with E-state index in [2.05, 4.69) is 44.3 Å². The molecule has 0 heterocycles. The minimum Gasteiger partial charge on any atom is -0.507 e. The molecule has 2 aromatic carbocycles. The Kier molecular flexibility index (Phi) is 4.46. The maximum Gasteiger partial charge on any atom is 0.122 e. The minimum absolute atomic E-state index is 0.259. The zero-order valence-corrected chi connectivity index (χ0v) is 12.7. The highest BCUT2D eigenvalue weighted by atomic mass is 16.3. The largest absolute Gasteiger partial charge is 0.507 e. The Balaban J connectivity index is 2.10. The number of rotatable bonds is 4. The third-order valence-electron chi connectivity index (χ3n) is 3.82. The van der Waals surface area contributed by atoms with Crippen LogP contribution in [0.3, 0.4) is 0 Å². The molecule has 2 rings (SSSR count). The quantitative estimate of drug-likeness (QED) is 0.873. The van der Waals surface area contributed by atoms with Gasteiger partial charge >= 0.3 is 0 Å². The molecule has 0 amide bonds. The number of phenolic OH excluding ortho intramolecular Hbond substituents is 1. The van der Waals surface area contributed by atoms with Gasteiger partial charge in [-0.2, -0.15) is 0 Å². The van der Waals surface area contributed by atoms with Gasteiger partial charge in [-0.05, 0) is 44.4 Å². The molecular weight excluding hydrogens is 246 g/mol. The lowest BCUT2D eigenvalue weighted by Gasteiger charge is -2.18. The summed E-state index contributed by atoms with van der Waals surface area (Å²) in [6.07, 6.45) is 0. The predicted molar refractivity (Wildman–Crippen MR) is 84.0 cm³/mol. The minimum atomic E-state index is 0.259. The third-order valence-corrected chi connectivity index (χ3v) is 3.82. The molecule has 2 nitrogen and oxygen atoms in total. The normalized spacial score (nSPS) is 12.4. The molecule has 1 unspecified atom stereocenters. The number of aromatic hydroxyl groups is 1. The van der Waals surface area contributed by atoms with Crippen LogP contribution in [0.1, 0.15) is 40.8 Å². The fraction of sp³-hybridized carbons (Fsp3) is 0.333. The van der Waals surface area contributed by atoms with Crippen molar-refractivity contribution in [1.29, 1.82) is 0 Å². The van der Waals surface area contributed by atoms with Crippen LogP contribution in [-0.4, -0.2) is 5.11 Å². The monoisotopic (exact) mass is 269 g/mol. The summed E-state index contributed by atoms with van der Waals surface area (Å²) in [5.41, 5.74) is 5.75. The van der Waals surface area contributed by atoms with Gasteiger partial charge in [0.15, 0.2) is 0 Å². The molecule has 0 spiro atoms. The summed E-state index contributed by atoms with van der Waals surface area (Å²) in [5.74, 6) is 0.396. The van der Waals surface area contributed by atoms with Crippen molar-refractivity contribution in [3.8, 4) is 5.75 Å². The third kappa shape index (κ3) is 3.20. The molecule has 0 fully saturated rings. The zero-order valence-electron chi connectivity index (χ0n) is 12.7. The summed E-state index contributed by atoms with van der Waals surface area (Å²) in [6.45, 7) is 9.00. The molecular formula is C18H23NO. The van der Waals surface area contributed by atoms with E-state index < -0.39 is 0 Å². The Hall–Kier alpha value is -1.80. The summed E-state index contributed by atoms with van der Waals surface area (Å²) in [4.78, 5) is 0. The molecule has 20 heavy (non-hydrogen) atoms. The lowest BCUT2D eigenvalue weighted by molar-refractivity contribution is 0.456. The average molecular weight is 269 g/mol. The number of benzene rings is 2. The van der Waals surface area contributed by atoms with Crippen LogP contribution >= 0.6 is 0 Å². The molecule has 1 atom stereocenters. The van der Waals surface area contributed by atoms with E-state index in [0.29, 0.717) is 12.3 Å². The SMILES string of the molecule is Cc1ccc(C)c(C(C)NCc2cccc(C)c2O)c1. The molecule has 0 aromatic heterocycles. The van der Waals surface area contributed by atoms with E-state index in [1.807, 2.05) is 25.1 Å². The standard InChI is InChI=1S/C18H23NO/c1-12-8-9-13(2)17(10-12)15(4)19-11-16-7-5-6-14(3)18(16)20/h5-10,15,19-20H,11H2,1-4H3. The summed E-state index contributed by atoms with van der Waals surface area (Å²) in [6, 6.07) is 12.6. The van der Waals surface area contributed by atoms with Gasteiger partial charge in [0.05, 0.1) is 0 Å². The Morgan fingerprint density at radius 3 is 2.55 bits per heavy atom. The highest BCUT2D eigenvalue weighted by molar-refractivity contribution is 5.39. The number of hydrogen-bond acceptors (Lipinski definition) is 2. The molecule has 2 heteroatoms. The summed E-state index contributed by atoms with van der Waals surface area (Å²) in [5, 5.41) is 13.5. The predicted octanol–water partition coefficient (Wildman–Crippen LogP) is 4.17. The van der Waals surface area contributed by atoms with Crippen LogP contribution < -0.4 is 5.32 Å². The lowest BCUT2D eigenvalue weighted by Crippen LogP contribution is -2.19. The van der Waals surface area contributed by atoms with Gasteiger partial charge in [0.1, 0.15) is 5.75 Å². The highest BCUT2D eigenvalue weighted by Crippen LogP contribution is 2.23. The summed E-state index contributed by atoms with van der Waals surface area (Å²) >= 11 is 0. The maximum atomic E-state index is 10.0. The Labute approximate surface area is 121 Å². The maximum absolute atomic E-state index is 10.0. The van der Waals surface area contributed by atoms with Crippen molar-refractivity contribution < 1.29 is 5.11 Å². The molecule has 106 valence electrons. The first-order valence-electron chi connectivity index (χ1n) is 7.07. The van der Waals surface area contributed by atoms with Gasteiger partial charge in [-0.25, -0.2) is 0 Å². The zero-order chi connectivity index (χ0) is 14.7. The number of para-hydroxylation sites is 1. The second kappa shape index (κ2) is 6.10. The van der Waals surface area contributed by atoms with Crippen molar-refractivity contribution in [2.75, 3.05) is 0 Å². The van der Waals surface area contributed by atoms with E-state index in [9.17, 15) is 5.11 Å². The van der Waals surface area contributed by atoms with Crippen molar-refractivity contribution in [3.63, 3.8) is 0 Å². The number of aryl methyl sites for hydroxylation is 3. The van der Waals surface area contributed by atoms with Gasteiger partial charge in [0.25, 0.3) is 0 Å². The van der Waals surface area contributed by atoms with E-state index in [0.717, 1.165) is 11.1 Å². The molecule has 0 radical (unpaired) electrons. The molecule has 2 N–H and O–H groups in total. The fourth-order valence-corrected chi connectivity index (χ4v) is 2.46. The number of nitrogens with one attached hydrogen (secondary N) is 1. The van der Waals surface area contributed by atoms with Crippen LogP contribution in [0.2, 0.25) is 0 Å². The number of phenols is 1. The average Bonchev–Trinajstić information content (AvgIpc) is 2.43. The van der Waals surface area contributed by atoms with Gasteiger partial charge in [-0.15, -0.1) is 0 Å². The van der Waals surface area contributed by atoms with E-state index in [4.69, 9.17) is 0 Å². The van der Waals surface area contributed by atoms with E-state index in [-0.39, 0.29) is 6.04 Å². The van der Waals surface area contributed by atoms with Crippen molar-refractivity contribution in [2.24, 2.45) is 0 Å². The van der Waals surface area contributed by atoms with Crippen molar-refractivity contribution >= 4 is 0 Å².